The van der Waals surface area contributed by atoms with E-state index in [0.29, 0.717) is 17.1 Å². The largest absolute Gasteiger partial charge is 0.480 e. The van der Waals surface area contributed by atoms with Gasteiger partial charge in [0.2, 0.25) is 17.8 Å². The number of hydrogen-bond acceptors (Lipinski definition) is 12. The zero-order valence-corrected chi connectivity index (χ0v) is 24.4. The van der Waals surface area contributed by atoms with Crippen LogP contribution in [0.3, 0.4) is 0 Å². The lowest BCUT2D eigenvalue weighted by Gasteiger charge is -2.24. The van der Waals surface area contributed by atoms with Crippen molar-refractivity contribution in [1.29, 1.82) is 0 Å². The standard InChI is InChI=1S/C24H32FN7O6PS/c1-6-35-21(34)14(2)32(38-15-10-8-7-9-11-15)39(40)36-12-16-18(33)24(3,25)22(37-16)31-13-27-17-19(30(4)5)28-23(26)29-20(17)31/h7-11,13-14,16,18,22,33H,6,12H2,1-5H3,(H2,26,28,29)/q+1/t14-,16-,18-,22-,24-/m1/s1. The summed E-state index contributed by atoms with van der Waals surface area (Å²) in [5, 5.41) is 10.9. The number of fused-ring (bicyclic) bond motifs is 1. The van der Waals surface area contributed by atoms with Gasteiger partial charge in [-0.1, -0.05) is 18.2 Å². The van der Waals surface area contributed by atoms with E-state index in [1.54, 1.807) is 57.1 Å². The van der Waals surface area contributed by atoms with Gasteiger partial charge in [0.05, 0.1) is 17.8 Å². The summed E-state index contributed by atoms with van der Waals surface area (Å²) in [6.45, 7) is 4.36. The number of aliphatic hydroxyl groups is 1. The van der Waals surface area contributed by atoms with Gasteiger partial charge in [-0.15, -0.1) is 4.52 Å². The molecule has 1 saturated heterocycles. The number of nitrogens with zero attached hydrogens (tertiary/aromatic N) is 6. The van der Waals surface area contributed by atoms with Crippen LogP contribution >= 0.6 is 7.07 Å². The minimum absolute atomic E-state index is 0.0251. The number of alkyl halides is 1. The van der Waals surface area contributed by atoms with Crippen molar-refractivity contribution in [3.8, 4) is 5.75 Å². The van der Waals surface area contributed by atoms with Crippen LogP contribution in [-0.4, -0.2) is 86.7 Å². The normalized spacial score (nSPS) is 23.8. The summed E-state index contributed by atoms with van der Waals surface area (Å²) >= 11 is 5.55. The lowest BCUT2D eigenvalue weighted by atomic mass is 9.98. The Labute approximate surface area is 236 Å². The molecule has 13 nitrogen and oxygen atoms in total. The predicted molar refractivity (Wildman–Crippen MR) is 149 cm³/mol. The number of imidazole rings is 1. The van der Waals surface area contributed by atoms with Gasteiger partial charge in [-0.05, 0) is 32.9 Å². The molecule has 1 fully saturated rings. The number of anilines is 2. The van der Waals surface area contributed by atoms with E-state index in [4.69, 9.17) is 36.4 Å². The van der Waals surface area contributed by atoms with E-state index < -0.39 is 43.2 Å². The van der Waals surface area contributed by atoms with Gasteiger partial charge in [0.1, 0.15) is 18.8 Å². The molecule has 1 aliphatic rings. The Hall–Kier alpha value is -3.07. The number of ether oxygens (including phenoxy) is 2. The Bertz CT molecular complexity index is 1360. The Balaban J connectivity index is 1.53. The third kappa shape index (κ3) is 5.99. The second kappa shape index (κ2) is 12.2. The van der Waals surface area contributed by atoms with Crippen LogP contribution in [0.5, 0.6) is 5.75 Å². The van der Waals surface area contributed by atoms with Crippen LogP contribution < -0.4 is 15.5 Å². The molecule has 3 heterocycles. The van der Waals surface area contributed by atoms with Gasteiger partial charge >= 0.3 is 13.0 Å². The molecule has 0 saturated carbocycles. The molecule has 6 atom stereocenters. The third-order valence-corrected chi connectivity index (χ3v) is 8.14. The minimum Gasteiger partial charge on any atom is -0.465 e. The highest BCUT2D eigenvalue weighted by molar-refractivity contribution is 8.01. The molecule has 1 unspecified atom stereocenters. The summed E-state index contributed by atoms with van der Waals surface area (Å²) in [4.78, 5) is 34.0. The number of nitrogen functional groups attached to an aromatic ring is 1. The van der Waals surface area contributed by atoms with Crippen molar-refractivity contribution in [2.75, 3.05) is 37.9 Å². The first-order valence-corrected chi connectivity index (χ1v) is 14.7. The van der Waals surface area contributed by atoms with E-state index in [-0.39, 0.29) is 24.8 Å². The Morgan fingerprint density at radius 1 is 1.35 bits per heavy atom. The van der Waals surface area contributed by atoms with Crippen molar-refractivity contribution in [3.05, 3.63) is 36.7 Å². The first-order chi connectivity index (χ1) is 18.9. The lowest BCUT2D eigenvalue weighted by Crippen LogP contribution is -2.41. The summed E-state index contributed by atoms with van der Waals surface area (Å²) in [5.74, 6) is 0.297. The molecule has 0 aliphatic carbocycles. The van der Waals surface area contributed by atoms with Crippen LogP contribution in [0.4, 0.5) is 16.2 Å². The molecule has 0 radical (unpaired) electrons. The maximum Gasteiger partial charge on any atom is 0.480 e. The summed E-state index contributed by atoms with van der Waals surface area (Å²) < 4.78 is 34.3. The molecule has 1 aromatic carbocycles. The topological polar surface area (TPSA) is 150 Å². The van der Waals surface area contributed by atoms with Crippen molar-refractivity contribution >= 4 is 47.8 Å². The maximum atomic E-state index is 16.0. The number of hydroxylamine groups is 1. The van der Waals surface area contributed by atoms with Gasteiger partial charge in [-0.25, -0.2) is 9.37 Å². The van der Waals surface area contributed by atoms with E-state index >= 15 is 4.39 Å². The summed E-state index contributed by atoms with van der Waals surface area (Å²) in [7, 11) is 1.53. The number of esters is 1. The second-order valence-corrected chi connectivity index (χ2v) is 11.5. The second-order valence-electron chi connectivity index (χ2n) is 9.42. The average Bonchev–Trinajstić information content (AvgIpc) is 3.43. The molecule has 0 bridgehead atoms. The van der Waals surface area contributed by atoms with Gasteiger partial charge in [0.15, 0.2) is 40.7 Å². The molecule has 0 spiro atoms. The average molecular weight is 597 g/mol. The number of hydrogen-bond donors (Lipinski definition) is 2. The highest BCUT2D eigenvalue weighted by Gasteiger charge is 2.56. The van der Waals surface area contributed by atoms with Crippen LogP contribution in [0.15, 0.2) is 36.7 Å². The molecule has 40 heavy (non-hydrogen) atoms. The Kier molecular flexibility index (Phi) is 9.12. The van der Waals surface area contributed by atoms with Gasteiger partial charge < -0.3 is 30.1 Å². The van der Waals surface area contributed by atoms with Crippen LogP contribution in [0.1, 0.15) is 27.0 Å². The van der Waals surface area contributed by atoms with Crippen molar-refractivity contribution in [2.24, 2.45) is 0 Å². The van der Waals surface area contributed by atoms with Crippen molar-refractivity contribution in [3.63, 3.8) is 0 Å². The number of nitrogens with two attached hydrogens (primary N) is 1. The SMILES string of the molecule is CCOC(=O)[C@@H](C)N(Oc1ccccc1)[P+](=S)OC[C@H]1O[C@@H](n2cnc3c(N(C)C)nc(N)nc32)[C@](C)(F)[C@@H]1O. The quantitative estimate of drug-likeness (QED) is 0.190. The molecule has 4 rings (SSSR count). The molecule has 3 N–H and O–H groups in total. The molecule has 0 amide bonds. The molecular formula is C24H32FN7O6PS+. The monoisotopic (exact) mass is 596 g/mol. The highest BCUT2D eigenvalue weighted by atomic mass is 32.4. The molecule has 2 aromatic heterocycles. The number of carbonyl (C=O) groups excluding carboxylic acids is 1. The van der Waals surface area contributed by atoms with Crippen LogP contribution in [-0.2, 0) is 30.6 Å². The van der Waals surface area contributed by atoms with E-state index in [2.05, 4.69) is 15.0 Å². The molecular weight excluding hydrogens is 564 g/mol. The fraction of sp³-hybridized carbons (Fsp3) is 0.500. The number of rotatable bonds is 11. The summed E-state index contributed by atoms with van der Waals surface area (Å²) in [6, 6.07) is 7.82. The number of aliphatic hydroxyl groups excluding tert-OH is 1. The number of aromatic nitrogens is 4. The van der Waals surface area contributed by atoms with E-state index in [0.717, 1.165) is 0 Å². The van der Waals surface area contributed by atoms with Gasteiger partial charge in [0, 0.05) is 14.1 Å². The van der Waals surface area contributed by atoms with Crippen LogP contribution in [0.25, 0.3) is 11.2 Å². The van der Waals surface area contributed by atoms with Crippen LogP contribution in [0, 0.1) is 0 Å². The Morgan fingerprint density at radius 3 is 2.70 bits per heavy atom. The molecule has 216 valence electrons. The van der Waals surface area contributed by atoms with Crippen molar-refractivity contribution < 1.29 is 33.1 Å². The predicted octanol–water partition coefficient (Wildman–Crippen LogP) is 2.50. The van der Waals surface area contributed by atoms with E-state index in [1.165, 1.54) is 22.7 Å². The van der Waals surface area contributed by atoms with Gasteiger partial charge in [-0.3, -0.25) is 9.36 Å². The molecule has 16 heteroatoms. The Morgan fingerprint density at radius 2 is 2.05 bits per heavy atom. The van der Waals surface area contributed by atoms with Crippen molar-refractivity contribution in [1.82, 2.24) is 24.4 Å². The van der Waals surface area contributed by atoms with Crippen LogP contribution in [0.2, 0.25) is 0 Å². The van der Waals surface area contributed by atoms with Crippen molar-refractivity contribution in [2.45, 2.75) is 50.9 Å². The lowest BCUT2D eigenvalue weighted by molar-refractivity contribution is -0.154. The fourth-order valence-corrected chi connectivity index (χ4v) is 5.78. The number of benzene rings is 1. The first-order valence-electron chi connectivity index (χ1n) is 12.4. The minimum atomic E-state index is -2.26. The van der Waals surface area contributed by atoms with Gasteiger partial charge in [0.25, 0.3) is 0 Å². The number of carbonyl (C=O) groups is 1. The third-order valence-electron chi connectivity index (χ3n) is 6.22. The zero-order chi connectivity index (χ0) is 29.2. The highest BCUT2D eigenvalue weighted by Crippen LogP contribution is 2.44. The fourth-order valence-electron chi connectivity index (χ4n) is 4.14. The maximum absolute atomic E-state index is 16.0. The molecule has 1 aliphatic heterocycles. The van der Waals surface area contributed by atoms with E-state index in [1.807, 2.05) is 6.07 Å². The van der Waals surface area contributed by atoms with Gasteiger partial charge in [-0.2, -0.15) is 9.97 Å². The first kappa shape index (κ1) is 29.9. The summed E-state index contributed by atoms with van der Waals surface area (Å²) in [6.07, 6.45) is -2.65. The number of halogens is 1. The number of para-hydroxylation sites is 1. The summed E-state index contributed by atoms with van der Waals surface area (Å²) in [5.41, 5.74) is 4.26. The molecule has 3 aromatic rings. The smallest absolute Gasteiger partial charge is 0.465 e. The van der Waals surface area contributed by atoms with E-state index in [9.17, 15) is 9.90 Å². The zero-order valence-electron chi connectivity index (χ0n) is 22.7.